The number of halogens is 2. The van der Waals surface area contributed by atoms with Gasteiger partial charge < -0.3 is 15.6 Å². The van der Waals surface area contributed by atoms with Gasteiger partial charge in [-0.1, -0.05) is 58.7 Å². The second-order valence-corrected chi connectivity index (χ2v) is 10.6. The average Bonchev–Trinajstić information content (AvgIpc) is 3.23. The SMILES string of the molecule is Cc1onc(-c2ccccc2Cl)c1C(=O)NC(=S)Nc1cc(S(=O)(=O)Nc2ccccc2Cl)ccc1N. The van der Waals surface area contributed by atoms with E-state index in [-0.39, 0.29) is 49.1 Å². The van der Waals surface area contributed by atoms with Gasteiger partial charge in [-0.05, 0) is 55.5 Å². The Balaban J connectivity index is 1.53. The lowest BCUT2D eigenvalue weighted by Crippen LogP contribution is -2.34. The first-order valence-electron chi connectivity index (χ1n) is 10.6. The Bertz CT molecular complexity index is 1620. The monoisotopic (exact) mass is 575 g/mol. The number of para-hydroxylation sites is 1. The highest BCUT2D eigenvalue weighted by atomic mass is 35.5. The van der Waals surface area contributed by atoms with Gasteiger partial charge in [-0.15, -0.1) is 0 Å². The van der Waals surface area contributed by atoms with Crippen molar-refractivity contribution >= 4 is 73.5 Å². The fourth-order valence-corrected chi connectivity index (χ4v) is 5.13. The van der Waals surface area contributed by atoms with E-state index in [9.17, 15) is 13.2 Å². The summed E-state index contributed by atoms with van der Waals surface area (Å²) >= 11 is 17.6. The third-order valence-electron chi connectivity index (χ3n) is 5.15. The zero-order valence-corrected chi connectivity index (χ0v) is 22.2. The van der Waals surface area contributed by atoms with Gasteiger partial charge in [0.05, 0.1) is 32.0 Å². The number of carbonyl (C=O) groups is 1. The number of aryl methyl sites for hydroxylation is 1. The Morgan fingerprint density at radius 3 is 2.38 bits per heavy atom. The third-order valence-corrected chi connectivity index (χ3v) is 7.37. The molecule has 3 aromatic carbocycles. The molecule has 0 fully saturated rings. The van der Waals surface area contributed by atoms with Gasteiger partial charge in [0, 0.05) is 5.56 Å². The number of amides is 1. The predicted molar refractivity (Wildman–Crippen MR) is 148 cm³/mol. The molecule has 0 radical (unpaired) electrons. The second kappa shape index (κ2) is 10.8. The molecule has 5 N–H and O–H groups in total. The van der Waals surface area contributed by atoms with Crippen molar-refractivity contribution in [3.05, 3.63) is 88.1 Å². The maximum atomic E-state index is 13.0. The number of benzene rings is 3. The summed E-state index contributed by atoms with van der Waals surface area (Å²) in [4.78, 5) is 12.9. The Labute approximate surface area is 228 Å². The van der Waals surface area contributed by atoms with E-state index < -0.39 is 15.9 Å². The first kappa shape index (κ1) is 26.4. The fraction of sp³-hybridized carbons (Fsp3) is 0.0417. The van der Waals surface area contributed by atoms with Crippen molar-refractivity contribution in [1.29, 1.82) is 0 Å². The molecule has 4 aromatic rings. The van der Waals surface area contributed by atoms with Crippen LogP contribution < -0.4 is 21.1 Å². The van der Waals surface area contributed by atoms with Crippen molar-refractivity contribution in [2.45, 2.75) is 11.8 Å². The van der Waals surface area contributed by atoms with Crippen molar-refractivity contribution in [3.8, 4) is 11.3 Å². The van der Waals surface area contributed by atoms with Crippen molar-refractivity contribution in [3.63, 3.8) is 0 Å². The van der Waals surface area contributed by atoms with E-state index in [0.717, 1.165) is 0 Å². The molecule has 0 aliphatic heterocycles. The summed E-state index contributed by atoms with van der Waals surface area (Å²) in [5.41, 5.74) is 7.51. The Kier molecular flexibility index (Phi) is 7.69. The van der Waals surface area contributed by atoms with Gasteiger partial charge in [-0.2, -0.15) is 0 Å². The number of rotatable bonds is 6. The highest BCUT2D eigenvalue weighted by molar-refractivity contribution is 7.92. The molecule has 1 heterocycles. The van der Waals surface area contributed by atoms with E-state index >= 15 is 0 Å². The number of thiocarbonyl (C=S) groups is 1. The molecular formula is C24H19Cl2N5O4S2. The molecule has 190 valence electrons. The molecule has 1 aromatic heterocycles. The van der Waals surface area contributed by atoms with Gasteiger partial charge in [-0.3, -0.25) is 14.8 Å². The first-order valence-corrected chi connectivity index (χ1v) is 13.2. The van der Waals surface area contributed by atoms with Crippen LogP contribution in [0.5, 0.6) is 0 Å². The van der Waals surface area contributed by atoms with Crippen LogP contribution in [0.4, 0.5) is 17.1 Å². The van der Waals surface area contributed by atoms with Crippen molar-refractivity contribution in [2.75, 3.05) is 15.8 Å². The summed E-state index contributed by atoms with van der Waals surface area (Å²) in [5, 5.41) is 9.76. The van der Waals surface area contributed by atoms with Crippen LogP contribution in [0.1, 0.15) is 16.1 Å². The van der Waals surface area contributed by atoms with Crippen molar-refractivity contribution in [1.82, 2.24) is 10.5 Å². The highest BCUT2D eigenvalue weighted by Crippen LogP contribution is 2.31. The van der Waals surface area contributed by atoms with E-state index in [1.165, 1.54) is 24.3 Å². The molecule has 0 atom stereocenters. The van der Waals surface area contributed by atoms with Crippen LogP contribution in [-0.4, -0.2) is 24.6 Å². The average molecular weight is 576 g/mol. The molecule has 0 unspecified atom stereocenters. The minimum absolute atomic E-state index is 0.103. The number of hydrogen-bond donors (Lipinski definition) is 4. The fourth-order valence-electron chi connectivity index (χ4n) is 3.35. The Hall–Kier alpha value is -3.64. The number of aromatic nitrogens is 1. The van der Waals surface area contributed by atoms with E-state index in [4.69, 9.17) is 45.7 Å². The van der Waals surface area contributed by atoms with Crippen molar-refractivity contribution < 1.29 is 17.7 Å². The number of hydrogen-bond acceptors (Lipinski definition) is 7. The van der Waals surface area contributed by atoms with E-state index in [2.05, 4.69) is 20.5 Å². The van der Waals surface area contributed by atoms with Crippen LogP contribution >= 0.6 is 35.4 Å². The van der Waals surface area contributed by atoms with Crippen molar-refractivity contribution in [2.24, 2.45) is 0 Å². The van der Waals surface area contributed by atoms with E-state index in [1.807, 2.05) is 0 Å². The zero-order valence-electron chi connectivity index (χ0n) is 19.1. The van der Waals surface area contributed by atoms with Crippen LogP contribution in [-0.2, 0) is 10.0 Å². The van der Waals surface area contributed by atoms with Crippen LogP contribution in [0.25, 0.3) is 11.3 Å². The van der Waals surface area contributed by atoms with Gasteiger partial charge in [0.25, 0.3) is 15.9 Å². The standard InChI is InChI=1S/C24H19Cl2N5O4S2/c1-13-21(22(30-35-13)15-6-2-3-7-16(15)25)23(32)29-24(36)28-20-12-14(10-11-18(20)27)37(33,34)31-19-9-5-4-8-17(19)26/h2-12,31H,27H2,1H3,(H2,28,29,32,36). The number of nitrogens with zero attached hydrogens (tertiary/aromatic N) is 1. The predicted octanol–water partition coefficient (Wildman–Crippen LogP) is 5.47. The summed E-state index contributed by atoms with van der Waals surface area (Å²) in [6.45, 7) is 1.58. The lowest BCUT2D eigenvalue weighted by atomic mass is 10.1. The third kappa shape index (κ3) is 5.86. The Morgan fingerprint density at radius 2 is 1.68 bits per heavy atom. The minimum atomic E-state index is -4.01. The van der Waals surface area contributed by atoms with Crippen LogP contribution in [0.2, 0.25) is 10.0 Å². The number of anilines is 3. The molecule has 0 bridgehead atoms. The van der Waals surface area contributed by atoms with Gasteiger partial charge in [0.15, 0.2) is 5.11 Å². The highest BCUT2D eigenvalue weighted by Gasteiger charge is 2.24. The number of sulfonamides is 1. The quantitative estimate of drug-likeness (QED) is 0.175. The summed E-state index contributed by atoms with van der Waals surface area (Å²) in [6.07, 6.45) is 0. The largest absolute Gasteiger partial charge is 0.397 e. The topological polar surface area (TPSA) is 139 Å². The van der Waals surface area contributed by atoms with E-state index in [0.29, 0.717) is 10.6 Å². The Morgan fingerprint density at radius 1 is 1.00 bits per heavy atom. The minimum Gasteiger partial charge on any atom is -0.397 e. The molecule has 0 saturated heterocycles. The molecule has 0 aliphatic rings. The van der Waals surface area contributed by atoms with Gasteiger partial charge >= 0.3 is 0 Å². The second-order valence-electron chi connectivity index (χ2n) is 7.68. The van der Waals surface area contributed by atoms with Gasteiger partial charge in [0.1, 0.15) is 17.0 Å². The lowest BCUT2D eigenvalue weighted by Gasteiger charge is -2.14. The summed E-state index contributed by atoms with van der Waals surface area (Å²) in [6, 6.07) is 17.3. The maximum absolute atomic E-state index is 13.0. The summed E-state index contributed by atoms with van der Waals surface area (Å²) in [7, 11) is -4.01. The summed E-state index contributed by atoms with van der Waals surface area (Å²) in [5.74, 6) is -0.345. The molecule has 0 saturated carbocycles. The molecule has 4 rings (SSSR count). The van der Waals surface area contributed by atoms with Gasteiger partial charge in [0.2, 0.25) is 0 Å². The zero-order chi connectivity index (χ0) is 26.7. The van der Waals surface area contributed by atoms with E-state index in [1.54, 1.807) is 49.4 Å². The van der Waals surface area contributed by atoms with Gasteiger partial charge in [-0.25, -0.2) is 8.42 Å². The van der Waals surface area contributed by atoms with Crippen LogP contribution in [0.3, 0.4) is 0 Å². The maximum Gasteiger partial charge on any atom is 0.263 e. The molecule has 13 heteroatoms. The lowest BCUT2D eigenvalue weighted by molar-refractivity contribution is 0.0976. The van der Waals surface area contributed by atoms with Crippen LogP contribution in [0.15, 0.2) is 76.1 Å². The van der Waals surface area contributed by atoms with Crippen LogP contribution in [0, 0.1) is 6.92 Å². The number of nitrogen functional groups attached to an aromatic ring is 1. The first-order chi connectivity index (χ1) is 17.6. The smallest absolute Gasteiger partial charge is 0.263 e. The number of nitrogens with two attached hydrogens (primary N) is 1. The normalized spacial score (nSPS) is 11.1. The molecule has 1 amide bonds. The summed E-state index contributed by atoms with van der Waals surface area (Å²) < 4.78 is 33.5. The number of nitrogens with one attached hydrogen (secondary N) is 3. The molecule has 0 spiro atoms. The molecular weight excluding hydrogens is 557 g/mol. The number of carbonyl (C=O) groups excluding carboxylic acids is 1. The molecule has 0 aliphatic carbocycles. The molecule has 37 heavy (non-hydrogen) atoms. The molecule has 9 nitrogen and oxygen atoms in total.